The normalized spacial score (nSPS) is 11.8. The molecule has 0 saturated carbocycles. The summed E-state index contributed by atoms with van der Waals surface area (Å²) in [5.74, 6) is -0.353. The fourth-order valence-electron chi connectivity index (χ4n) is 3.52. The third kappa shape index (κ3) is 4.35. The molecule has 0 atom stereocenters. The van der Waals surface area contributed by atoms with E-state index in [4.69, 9.17) is 11.6 Å². The predicted octanol–water partition coefficient (Wildman–Crippen LogP) is 5.98. The molecule has 2 aromatic heterocycles. The topological polar surface area (TPSA) is 72.9 Å². The molecule has 0 fully saturated rings. The van der Waals surface area contributed by atoms with Gasteiger partial charge in [0.05, 0.1) is 0 Å². The van der Waals surface area contributed by atoms with Crippen LogP contribution in [0, 0.1) is 0 Å². The van der Waals surface area contributed by atoms with Crippen LogP contribution in [0.1, 0.15) is 12.5 Å². The summed E-state index contributed by atoms with van der Waals surface area (Å²) in [6.07, 6.45) is 5.44. The van der Waals surface area contributed by atoms with Crippen LogP contribution < -0.4 is 0 Å². The number of carboxylic acids is 1. The summed E-state index contributed by atoms with van der Waals surface area (Å²) in [5, 5.41) is 20.6. The second kappa shape index (κ2) is 9.46. The Morgan fingerprint density at radius 2 is 1.94 bits per heavy atom. The van der Waals surface area contributed by atoms with Gasteiger partial charge in [-0.05, 0) is 55.1 Å². The first-order valence-corrected chi connectivity index (χ1v) is 11.2. The Kier molecular flexibility index (Phi) is 6.48. The maximum atomic E-state index is 12.1. The van der Waals surface area contributed by atoms with Gasteiger partial charge in [0.1, 0.15) is 4.91 Å². The van der Waals surface area contributed by atoms with Crippen LogP contribution in [0.4, 0.5) is 0 Å². The van der Waals surface area contributed by atoms with E-state index in [1.807, 2.05) is 64.7 Å². The summed E-state index contributed by atoms with van der Waals surface area (Å²) in [4.78, 5) is 12.3. The van der Waals surface area contributed by atoms with Crippen LogP contribution in [-0.4, -0.2) is 30.4 Å². The highest BCUT2D eigenvalue weighted by Gasteiger charge is 2.19. The van der Waals surface area contributed by atoms with Crippen molar-refractivity contribution in [3.05, 3.63) is 82.9 Å². The van der Waals surface area contributed by atoms with Crippen LogP contribution in [0.2, 0.25) is 5.02 Å². The molecule has 0 radical (unpaired) electrons. The van der Waals surface area contributed by atoms with Gasteiger partial charge in [-0.1, -0.05) is 35.9 Å². The average molecular weight is 465 g/mol. The first kappa shape index (κ1) is 21.9. The molecule has 4 rings (SSSR count). The molecule has 6 nitrogen and oxygen atoms in total. The summed E-state index contributed by atoms with van der Waals surface area (Å²) in [6, 6.07) is 15.2. The van der Waals surface area contributed by atoms with E-state index in [0.29, 0.717) is 29.1 Å². The zero-order valence-electron chi connectivity index (χ0n) is 17.4. The molecule has 0 amide bonds. The standard InChI is InChI=1S/C24H21ClN4O2S/c1-3-13-28-15-17(19-7-5-6-8-20(19)28)14-21(23(30)31)32-24-27-26-22(29(24)4-2)16-9-11-18(25)12-10-16/h3,5-12,14-15H,1,4,13H2,2H3,(H,30,31)/b21-14-. The van der Waals surface area contributed by atoms with Crippen molar-refractivity contribution in [2.45, 2.75) is 25.2 Å². The fourth-order valence-corrected chi connectivity index (χ4v) is 4.52. The number of fused-ring (bicyclic) bond motifs is 1. The molecule has 0 bridgehead atoms. The van der Waals surface area contributed by atoms with Gasteiger partial charge in [-0.3, -0.25) is 0 Å². The molecule has 1 N–H and O–H groups in total. The molecule has 32 heavy (non-hydrogen) atoms. The van der Waals surface area contributed by atoms with Gasteiger partial charge in [-0.2, -0.15) is 0 Å². The SMILES string of the molecule is C=CCn1cc(/C=C(\Sc2nnc(-c3ccc(Cl)cc3)n2CC)C(=O)O)c2ccccc21. The van der Waals surface area contributed by atoms with Crippen LogP contribution in [0.5, 0.6) is 0 Å². The van der Waals surface area contributed by atoms with Gasteiger partial charge >= 0.3 is 5.97 Å². The number of benzene rings is 2. The van der Waals surface area contributed by atoms with Crippen molar-refractivity contribution in [3.63, 3.8) is 0 Å². The Morgan fingerprint density at radius 3 is 2.62 bits per heavy atom. The van der Waals surface area contributed by atoms with E-state index in [0.717, 1.165) is 33.8 Å². The van der Waals surface area contributed by atoms with E-state index < -0.39 is 5.97 Å². The van der Waals surface area contributed by atoms with Gasteiger partial charge in [0.15, 0.2) is 11.0 Å². The van der Waals surface area contributed by atoms with E-state index in [1.54, 1.807) is 18.2 Å². The van der Waals surface area contributed by atoms with Gasteiger partial charge in [0.2, 0.25) is 0 Å². The molecular weight excluding hydrogens is 444 g/mol. The number of rotatable bonds is 8. The number of para-hydroxylation sites is 1. The first-order valence-electron chi connectivity index (χ1n) is 10.0. The zero-order valence-corrected chi connectivity index (χ0v) is 19.0. The second-order valence-corrected chi connectivity index (χ2v) is 8.46. The second-order valence-electron chi connectivity index (χ2n) is 7.02. The average Bonchev–Trinajstić information content (AvgIpc) is 3.35. The lowest BCUT2D eigenvalue weighted by atomic mass is 10.1. The molecule has 2 aromatic carbocycles. The van der Waals surface area contributed by atoms with Crippen molar-refractivity contribution in [1.82, 2.24) is 19.3 Å². The Labute approximate surface area is 194 Å². The number of nitrogens with zero attached hydrogens (tertiary/aromatic N) is 4. The van der Waals surface area contributed by atoms with Crippen molar-refractivity contribution in [2.75, 3.05) is 0 Å². The van der Waals surface area contributed by atoms with E-state index in [1.165, 1.54) is 0 Å². The van der Waals surface area contributed by atoms with Crippen LogP contribution >= 0.6 is 23.4 Å². The molecule has 2 heterocycles. The van der Waals surface area contributed by atoms with E-state index in [-0.39, 0.29) is 4.91 Å². The van der Waals surface area contributed by atoms with Crippen molar-refractivity contribution < 1.29 is 9.90 Å². The Bertz CT molecular complexity index is 1320. The molecular formula is C24H21ClN4O2S. The lowest BCUT2D eigenvalue weighted by Crippen LogP contribution is -2.02. The largest absolute Gasteiger partial charge is 0.477 e. The van der Waals surface area contributed by atoms with E-state index in [2.05, 4.69) is 16.8 Å². The van der Waals surface area contributed by atoms with Gasteiger partial charge in [0, 0.05) is 46.3 Å². The van der Waals surface area contributed by atoms with Gasteiger partial charge in [-0.25, -0.2) is 4.79 Å². The highest BCUT2D eigenvalue weighted by atomic mass is 35.5. The molecule has 0 aliphatic rings. The third-order valence-corrected chi connectivity index (χ3v) is 6.23. The van der Waals surface area contributed by atoms with Crippen LogP contribution in [0.15, 0.2) is 77.4 Å². The fraction of sp³-hybridized carbons (Fsp3) is 0.125. The lowest BCUT2D eigenvalue weighted by molar-refractivity contribution is -0.131. The quantitative estimate of drug-likeness (QED) is 0.197. The number of carboxylic acid groups (broad SMARTS) is 1. The highest BCUT2D eigenvalue weighted by molar-refractivity contribution is 8.04. The molecule has 8 heteroatoms. The lowest BCUT2D eigenvalue weighted by Gasteiger charge is -2.08. The Balaban J connectivity index is 1.73. The van der Waals surface area contributed by atoms with Crippen LogP contribution in [0.25, 0.3) is 28.4 Å². The van der Waals surface area contributed by atoms with E-state index in [9.17, 15) is 9.90 Å². The maximum absolute atomic E-state index is 12.1. The molecule has 0 aliphatic heterocycles. The highest BCUT2D eigenvalue weighted by Crippen LogP contribution is 2.32. The zero-order chi connectivity index (χ0) is 22.7. The number of halogens is 1. The van der Waals surface area contributed by atoms with Crippen molar-refractivity contribution in [1.29, 1.82) is 0 Å². The third-order valence-electron chi connectivity index (χ3n) is 4.98. The molecule has 0 unspecified atom stereocenters. The molecule has 0 saturated heterocycles. The number of aromatic nitrogens is 4. The number of carbonyl (C=O) groups is 1. The number of hydrogen-bond donors (Lipinski definition) is 1. The molecule has 4 aromatic rings. The Hall–Kier alpha value is -3.29. The smallest absolute Gasteiger partial charge is 0.342 e. The van der Waals surface area contributed by atoms with Crippen LogP contribution in [0.3, 0.4) is 0 Å². The van der Waals surface area contributed by atoms with Crippen molar-refractivity contribution in [3.8, 4) is 11.4 Å². The van der Waals surface area contributed by atoms with Crippen molar-refractivity contribution in [2.24, 2.45) is 0 Å². The Morgan fingerprint density at radius 1 is 1.19 bits per heavy atom. The summed E-state index contributed by atoms with van der Waals surface area (Å²) >= 11 is 7.08. The minimum Gasteiger partial charge on any atom is -0.477 e. The molecule has 162 valence electrons. The minimum atomic E-state index is -1.02. The minimum absolute atomic E-state index is 0.163. The van der Waals surface area contributed by atoms with Gasteiger partial charge in [-0.15, -0.1) is 16.8 Å². The summed E-state index contributed by atoms with van der Waals surface area (Å²) in [5.41, 5.74) is 2.71. The number of aliphatic carboxylic acids is 1. The van der Waals surface area contributed by atoms with E-state index >= 15 is 0 Å². The summed E-state index contributed by atoms with van der Waals surface area (Å²) in [6.45, 7) is 7.01. The number of hydrogen-bond acceptors (Lipinski definition) is 4. The van der Waals surface area contributed by atoms with Gasteiger partial charge in [0.25, 0.3) is 0 Å². The number of thioether (sulfide) groups is 1. The first-order chi connectivity index (χ1) is 15.5. The summed E-state index contributed by atoms with van der Waals surface area (Å²) in [7, 11) is 0. The predicted molar refractivity (Wildman–Crippen MR) is 130 cm³/mol. The molecule has 0 aliphatic carbocycles. The van der Waals surface area contributed by atoms with Crippen molar-refractivity contribution >= 4 is 46.3 Å². The maximum Gasteiger partial charge on any atom is 0.342 e. The van der Waals surface area contributed by atoms with Gasteiger partial charge < -0.3 is 14.2 Å². The molecule has 0 spiro atoms. The summed E-state index contributed by atoms with van der Waals surface area (Å²) < 4.78 is 3.94. The number of allylic oxidation sites excluding steroid dienone is 1. The van der Waals surface area contributed by atoms with Crippen LogP contribution in [-0.2, 0) is 17.9 Å². The monoisotopic (exact) mass is 464 g/mol.